The monoisotopic (exact) mass is 344 g/mol. The minimum atomic E-state index is -0.149. The second-order valence-corrected chi connectivity index (χ2v) is 7.21. The van der Waals surface area contributed by atoms with E-state index in [-0.39, 0.29) is 11.7 Å². The summed E-state index contributed by atoms with van der Waals surface area (Å²) < 4.78 is 5.71. The Labute approximate surface area is 144 Å². The molecule has 0 spiro atoms. The summed E-state index contributed by atoms with van der Waals surface area (Å²) in [7, 11) is 0. The Morgan fingerprint density at radius 1 is 1.46 bits per heavy atom. The van der Waals surface area contributed by atoms with E-state index in [2.05, 4.69) is 15.5 Å². The van der Waals surface area contributed by atoms with Crippen LogP contribution in [0, 0.1) is 11.3 Å². The first kappa shape index (κ1) is 16.6. The number of allylic oxidation sites excluding steroid dienone is 3. The second-order valence-electron chi connectivity index (χ2n) is 6.11. The summed E-state index contributed by atoms with van der Waals surface area (Å²) in [6, 6.07) is 0. The van der Waals surface area contributed by atoms with Gasteiger partial charge in [-0.3, -0.25) is 4.79 Å². The molecular formula is C17H20N4O2S. The molecule has 1 saturated carbocycles. The lowest BCUT2D eigenvalue weighted by atomic mass is 9.99. The molecule has 0 saturated heterocycles. The lowest BCUT2D eigenvalue weighted by molar-refractivity contribution is -0.117. The Morgan fingerprint density at radius 2 is 2.25 bits per heavy atom. The summed E-state index contributed by atoms with van der Waals surface area (Å²) in [5.74, 6) is 1.06. The predicted octanol–water partition coefficient (Wildman–Crippen LogP) is 3.06. The zero-order valence-electron chi connectivity index (χ0n) is 13.7. The maximum absolute atomic E-state index is 12.1. The van der Waals surface area contributed by atoms with E-state index in [1.165, 1.54) is 12.8 Å². The predicted molar refractivity (Wildman–Crippen MR) is 92.7 cm³/mol. The average molecular weight is 344 g/mol. The van der Waals surface area contributed by atoms with E-state index in [0.717, 1.165) is 16.2 Å². The quantitative estimate of drug-likeness (QED) is 0.586. The largest absolute Gasteiger partial charge is 0.485 e. The fraction of sp³-hybridized carbons (Fsp3) is 0.412. The Balaban J connectivity index is 1.59. The number of nitrogens with zero attached hydrogens (tertiary/aromatic N) is 2. The fourth-order valence-corrected chi connectivity index (χ4v) is 3.15. The minimum absolute atomic E-state index is 0.0589. The molecule has 0 atom stereocenters. The summed E-state index contributed by atoms with van der Waals surface area (Å²) in [4.78, 5) is 12.1. The molecule has 0 unspecified atom stereocenters. The van der Waals surface area contributed by atoms with Crippen LogP contribution < -0.4 is 5.32 Å². The van der Waals surface area contributed by atoms with Gasteiger partial charge >= 0.3 is 0 Å². The van der Waals surface area contributed by atoms with Gasteiger partial charge in [0.25, 0.3) is 0 Å². The van der Waals surface area contributed by atoms with E-state index in [1.807, 2.05) is 13.8 Å². The molecule has 0 amide bonds. The summed E-state index contributed by atoms with van der Waals surface area (Å²) in [6.07, 6.45) is 8.75. The molecule has 1 fully saturated rings. The van der Waals surface area contributed by atoms with Gasteiger partial charge in [-0.2, -0.15) is 0 Å². The molecular weight excluding hydrogens is 324 g/mol. The van der Waals surface area contributed by atoms with Crippen molar-refractivity contribution in [1.29, 1.82) is 5.41 Å². The van der Waals surface area contributed by atoms with Gasteiger partial charge in [-0.05, 0) is 25.0 Å². The molecule has 2 heterocycles. The average Bonchev–Trinajstić information content (AvgIpc) is 3.33. The third-order valence-electron chi connectivity index (χ3n) is 3.78. The van der Waals surface area contributed by atoms with Crippen molar-refractivity contribution in [2.45, 2.75) is 39.2 Å². The molecule has 0 bridgehead atoms. The smallest absolute Gasteiger partial charge is 0.169 e. The normalized spacial score (nSPS) is 18.9. The number of ether oxygens (including phenoxy) is 1. The van der Waals surface area contributed by atoms with E-state index in [1.54, 1.807) is 29.7 Å². The van der Waals surface area contributed by atoms with Gasteiger partial charge in [0.2, 0.25) is 0 Å². The molecule has 1 aliphatic heterocycles. The van der Waals surface area contributed by atoms with Crippen LogP contribution in [0.2, 0.25) is 0 Å². The lowest BCUT2D eigenvalue weighted by Crippen LogP contribution is -2.19. The van der Waals surface area contributed by atoms with Crippen molar-refractivity contribution in [2.24, 2.45) is 5.92 Å². The number of aromatic nitrogens is 2. The van der Waals surface area contributed by atoms with Gasteiger partial charge < -0.3 is 15.5 Å². The van der Waals surface area contributed by atoms with Crippen molar-refractivity contribution in [1.82, 2.24) is 15.5 Å². The molecule has 6 nitrogen and oxygen atoms in total. The highest BCUT2D eigenvalue weighted by atomic mass is 32.1. The van der Waals surface area contributed by atoms with Crippen LogP contribution in [0.3, 0.4) is 0 Å². The highest BCUT2D eigenvalue weighted by Crippen LogP contribution is 2.41. The topological polar surface area (TPSA) is 88.0 Å². The van der Waals surface area contributed by atoms with Gasteiger partial charge in [0, 0.05) is 24.3 Å². The van der Waals surface area contributed by atoms with Crippen LogP contribution in [-0.2, 0) is 16.1 Å². The number of carbonyl (C=O) groups excluding carboxylic acids is 1. The van der Waals surface area contributed by atoms with E-state index in [9.17, 15) is 4.79 Å². The van der Waals surface area contributed by atoms with Gasteiger partial charge in [0.15, 0.2) is 10.8 Å². The standard InChI is InChI=1S/C17H20N4O2S/c1-10(2)16(22)13(7-18)14-6-5-12(8-19-14)23-9-15-20-21-17(24-15)11-3-4-11/h5-8,10-11,18-19H,3-4,9H2,1-2H3/b14-13+,18-7?. The number of Topliss-reactive ketones (excluding diaryl/α,β-unsaturated/α-hetero) is 1. The third-order valence-corrected chi connectivity index (χ3v) is 4.84. The van der Waals surface area contributed by atoms with Gasteiger partial charge in [0.1, 0.15) is 17.4 Å². The number of nitrogens with one attached hydrogen (secondary N) is 2. The van der Waals surface area contributed by atoms with E-state index >= 15 is 0 Å². The Hall–Kier alpha value is -2.28. The van der Waals surface area contributed by atoms with E-state index < -0.39 is 0 Å². The van der Waals surface area contributed by atoms with Gasteiger partial charge in [0.05, 0.1) is 11.3 Å². The maximum Gasteiger partial charge on any atom is 0.169 e. The highest BCUT2D eigenvalue weighted by Gasteiger charge is 2.27. The first-order valence-corrected chi connectivity index (χ1v) is 8.79. The number of dihydropyridines is 1. The van der Waals surface area contributed by atoms with Crippen molar-refractivity contribution in [2.75, 3.05) is 0 Å². The van der Waals surface area contributed by atoms with E-state index in [0.29, 0.717) is 29.6 Å². The van der Waals surface area contributed by atoms with Crippen LogP contribution in [0.15, 0.2) is 35.4 Å². The molecule has 1 aromatic heterocycles. The molecule has 0 aromatic carbocycles. The molecule has 2 aliphatic rings. The van der Waals surface area contributed by atoms with Crippen LogP contribution in [-0.4, -0.2) is 22.2 Å². The van der Waals surface area contributed by atoms with Crippen molar-refractivity contribution < 1.29 is 9.53 Å². The molecule has 0 radical (unpaired) electrons. The lowest BCUT2D eigenvalue weighted by Gasteiger charge is -2.15. The van der Waals surface area contributed by atoms with Crippen LogP contribution in [0.25, 0.3) is 0 Å². The maximum atomic E-state index is 12.1. The SMILES string of the molecule is CC(C)C(=O)/C(C=N)=C1\C=CC(OCc2nnc(C3CC3)s2)=CN1. The van der Waals surface area contributed by atoms with Crippen molar-refractivity contribution in [3.05, 3.63) is 45.4 Å². The van der Waals surface area contributed by atoms with Gasteiger partial charge in [-0.1, -0.05) is 25.2 Å². The molecule has 3 rings (SSSR count). The second kappa shape index (κ2) is 7.09. The molecule has 7 heteroatoms. The first-order valence-electron chi connectivity index (χ1n) is 7.97. The van der Waals surface area contributed by atoms with Crippen LogP contribution in [0.4, 0.5) is 0 Å². The number of hydrogen-bond donors (Lipinski definition) is 2. The van der Waals surface area contributed by atoms with Gasteiger partial charge in [-0.15, -0.1) is 10.2 Å². The molecule has 126 valence electrons. The Kier molecular flexibility index (Phi) is 4.89. The third kappa shape index (κ3) is 3.79. The fourth-order valence-electron chi connectivity index (χ4n) is 2.23. The number of carbonyl (C=O) groups is 1. The molecule has 24 heavy (non-hydrogen) atoms. The number of rotatable bonds is 7. The zero-order chi connectivity index (χ0) is 17.1. The number of ketones is 1. The van der Waals surface area contributed by atoms with Crippen LogP contribution in [0.5, 0.6) is 0 Å². The van der Waals surface area contributed by atoms with Crippen molar-refractivity contribution in [3.8, 4) is 0 Å². The minimum Gasteiger partial charge on any atom is -0.485 e. The zero-order valence-corrected chi connectivity index (χ0v) is 14.5. The van der Waals surface area contributed by atoms with E-state index in [4.69, 9.17) is 10.1 Å². The van der Waals surface area contributed by atoms with Crippen LogP contribution >= 0.6 is 11.3 Å². The highest BCUT2D eigenvalue weighted by molar-refractivity contribution is 7.11. The summed E-state index contributed by atoms with van der Waals surface area (Å²) in [5.41, 5.74) is 0.984. The summed E-state index contributed by atoms with van der Waals surface area (Å²) >= 11 is 1.61. The van der Waals surface area contributed by atoms with Crippen LogP contribution in [0.1, 0.15) is 42.6 Å². The molecule has 1 aromatic rings. The van der Waals surface area contributed by atoms with Crippen molar-refractivity contribution >= 4 is 23.3 Å². The van der Waals surface area contributed by atoms with Gasteiger partial charge in [-0.25, -0.2) is 0 Å². The Bertz CT molecular complexity index is 742. The molecule has 2 N–H and O–H groups in total. The number of hydrogen-bond acceptors (Lipinski definition) is 7. The first-order chi connectivity index (χ1) is 11.6. The van der Waals surface area contributed by atoms with Crippen molar-refractivity contribution in [3.63, 3.8) is 0 Å². The summed E-state index contributed by atoms with van der Waals surface area (Å²) in [5, 5.41) is 20.8. The molecule has 1 aliphatic carbocycles. The Morgan fingerprint density at radius 3 is 2.83 bits per heavy atom. The summed E-state index contributed by atoms with van der Waals surface area (Å²) in [6.45, 7) is 4.02.